The summed E-state index contributed by atoms with van der Waals surface area (Å²) in [4.78, 5) is 2.62. The standard InChI is InChI=1S/C21H35NO/c1-2-20-12-4-5-13-21(20)14-6-10-18-23-19-11-9-17-22-15-7-3-8-16-22/h4-5,12-13H,2-3,6-11,14-19H2,1H3. The van der Waals surface area contributed by atoms with Gasteiger partial charge < -0.3 is 9.64 Å². The summed E-state index contributed by atoms with van der Waals surface area (Å²) in [7, 11) is 0. The molecule has 0 unspecified atom stereocenters. The van der Waals surface area contributed by atoms with Crippen molar-refractivity contribution in [2.45, 2.75) is 64.7 Å². The van der Waals surface area contributed by atoms with Crippen LogP contribution in [0.1, 0.15) is 63.0 Å². The third-order valence-corrected chi connectivity index (χ3v) is 4.95. The van der Waals surface area contributed by atoms with Crippen molar-refractivity contribution in [2.75, 3.05) is 32.8 Å². The van der Waals surface area contributed by atoms with Crippen LogP contribution in [0.5, 0.6) is 0 Å². The Kier molecular flexibility index (Phi) is 9.35. The van der Waals surface area contributed by atoms with Gasteiger partial charge in [0, 0.05) is 13.2 Å². The molecule has 23 heavy (non-hydrogen) atoms. The molecule has 1 saturated heterocycles. The SMILES string of the molecule is CCc1ccccc1CCCCOCCCCN1CCCCC1. The summed E-state index contributed by atoms with van der Waals surface area (Å²) in [5.74, 6) is 0. The van der Waals surface area contributed by atoms with Gasteiger partial charge in [0.05, 0.1) is 0 Å². The lowest BCUT2D eigenvalue weighted by atomic mass is 10.0. The Balaban J connectivity index is 1.42. The van der Waals surface area contributed by atoms with Crippen molar-refractivity contribution < 1.29 is 4.74 Å². The Morgan fingerprint density at radius 2 is 1.57 bits per heavy atom. The Labute approximate surface area is 143 Å². The summed E-state index contributed by atoms with van der Waals surface area (Å²) in [6.07, 6.45) is 11.5. The van der Waals surface area contributed by atoms with Crippen LogP contribution in [0.2, 0.25) is 0 Å². The van der Waals surface area contributed by atoms with Crippen LogP contribution in [0.4, 0.5) is 0 Å². The van der Waals surface area contributed by atoms with Gasteiger partial charge in [-0.05, 0) is 82.1 Å². The van der Waals surface area contributed by atoms with Crippen LogP contribution >= 0.6 is 0 Å². The Bertz CT molecular complexity index is 412. The van der Waals surface area contributed by atoms with Gasteiger partial charge in [-0.25, -0.2) is 0 Å². The van der Waals surface area contributed by atoms with E-state index in [1.54, 1.807) is 0 Å². The Morgan fingerprint density at radius 1 is 0.870 bits per heavy atom. The van der Waals surface area contributed by atoms with E-state index in [9.17, 15) is 0 Å². The summed E-state index contributed by atoms with van der Waals surface area (Å²) < 4.78 is 5.80. The Hall–Kier alpha value is -0.860. The van der Waals surface area contributed by atoms with Crippen molar-refractivity contribution in [3.8, 4) is 0 Å². The first kappa shape index (κ1) is 18.5. The summed E-state index contributed by atoms with van der Waals surface area (Å²) in [6, 6.07) is 8.84. The van der Waals surface area contributed by atoms with Gasteiger partial charge in [-0.1, -0.05) is 37.6 Å². The van der Waals surface area contributed by atoms with Crippen LogP contribution in [0.25, 0.3) is 0 Å². The van der Waals surface area contributed by atoms with E-state index in [0.717, 1.165) is 19.6 Å². The highest BCUT2D eigenvalue weighted by molar-refractivity contribution is 5.26. The fourth-order valence-electron chi connectivity index (χ4n) is 3.49. The lowest BCUT2D eigenvalue weighted by molar-refractivity contribution is 0.122. The van der Waals surface area contributed by atoms with Crippen LogP contribution in [0.3, 0.4) is 0 Å². The number of hydrogen-bond donors (Lipinski definition) is 0. The molecule has 1 aromatic rings. The number of likely N-dealkylation sites (tertiary alicyclic amines) is 1. The number of hydrogen-bond acceptors (Lipinski definition) is 2. The van der Waals surface area contributed by atoms with Gasteiger partial charge in [0.1, 0.15) is 0 Å². The van der Waals surface area contributed by atoms with E-state index in [1.165, 1.54) is 82.1 Å². The highest BCUT2D eigenvalue weighted by atomic mass is 16.5. The second kappa shape index (κ2) is 11.6. The van der Waals surface area contributed by atoms with E-state index in [0.29, 0.717) is 0 Å². The van der Waals surface area contributed by atoms with E-state index in [2.05, 4.69) is 36.1 Å². The fourth-order valence-corrected chi connectivity index (χ4v) is 3.49. The molecule has 0 aliphatic carbocycles. The molecule has 0 saturated carbocycles. The normalized spacial score (nSPS) is 15.9. The van der Waals surface area contributed by atoms with Crippen LogP contribution in [0.15, 0.2) is 24.3 Å². The molecule has 1 aromatic carbocycles. The predicted molar refractivity (Wildman–Crippen MR) is 99.1 cm³/mol. The van der Waals surface area contributed by atoms with Crippen LogP contribution in [0, 0.1) is 0 Å². The van der Waals surface area contributed by atoms with Crippen molar-refractivity contribution in [3.05, 3.63) is 35.4 Å². The maximum absolute atomic E-state index is 5.80. The monoisotopic (exact) mass is 317 g/mol. The van der Waals surface area contributed by atoms with Crippen molar-refractivity contribution in [3.63, 3.8) is 0 Å². The van der Waals surface area contributed by atoms with Gasteiger partial charge in [-0.2, -0.15) is 0 Å². The summed E-state index contributed by atoms with van der Waals surface area (Å²) in [5.41, 5.74) is 3.03. The van der Waals surface area contributed by atoms with Crippen LogP contribution < -0.4 is 0 Å². The van der Waals surface area contributed by atoms with E-state index in [4.69, 9.17) is 4.74 Å². The smallest absolute Gasteiger partial charge is 0.0466 e. The molecule has 2 rings (SSSR count). The molecule has 1 heterocycles. The van der Waals surface area contributed by atoms with Crippen molar-refractivity contribution >= 4 is 0 Å². The number of aryl methyl sites for hydroxylation is 2. The lowest BCUT2D eigenvalue weighted by Crippen LogP contribution is -2.30. The zero-order chi connectivity index (χ0) is 16.2. The summed E-state index contributed by atoms with van der Waals surface area (Å²) >= 11 is 0. The first-order valence-electron chi connectivity index (χ1n) is 9.77. The third-order valence-electron chi connectivity index (χ3n) is 4.95. The fraction of sp³-hybridized carbons (Fsp3) is 0.714. The quantitative estimate of drug-likeness (QED) is 0.541. The van der Waals surface area contributed by atoms with Gasteiger partial charge in [0.25, 0.3) is 0 Å². The molecule has 2 nitrogen and oxygen atoms in total. The first-order chi connectivity index (χ1) is 11.4. The molecule has 1 aliphatic heterocycles. The summed E-state index contributed by atoms with van der Waals surface area (Å²) in [5, 5.41) is 0. The van der Waals surface area contributed by atoms with Crippen molar-refractivity contribution in [2.24, 2.45) is 0 Å². The molecule has 1 fully saturated rings. The molecule has 0 atom stereocenters. The maximum atomic E-state index is 5.80. The maximum Gasteiger partial charge on any atom is 0.0466 e. The number of rotatable bonds is 11. The molecule has 0 amide bonds. The molecule has 0 N–H and O–H groups in total. The molecule has 0 radical (unpaired) electrons. The topological polar surface area (TPSA) is 12.5 Å². The van der Waals surface area contributed by atoms with Gasteiger partial charge in [-0.15, -0.1) is 0 Å². The first-order valence-corrected chi connectivity index (χ1v) is 9.77. The predicted octanol–water partition coefficient (Wildman–Crippen LogP) is 4.85. The molecular weight excluding hydrogens is 282 g/mol. The molecule has 0 aromatic heterocycles. The number of unbranched alkanes of at least 4 members (excludes halogenated alkanes) is 2. The second-order valence-corrected chi connectivity index (χ2v) is 6.80. The second-order valence-electron chi connectivity index (χ2n) is 6.80. The number of ether oxygens (including phenoxy) is 1. The van der Waals surface area contributed by atoms with E-state index in [-0.39, 0.29) is 0 Å². The lowest BCUT2D eigenvalue weighted by Gasteiger charge is -2.26. The van der Waals surface area contributed by atoms with Crippen molar-refractivity contribution in [1.29, 1.82) is 0 Å². The minimum absolute atomic E-state index is 0.929. The average molecular weight is 318 g/mol. The Morgan fingerprint density at radius 3 is 2.30 bits per heavy atom. The van der Waals surface area contributed by atoms with E-state index >= 15 is 0 Å². The van der Waals surface area contributed by atoms with E-state index < -0.39 is 0 Å². The van der Waals surface area contributed by atoms with Gasteiger partial charge in [-0.3, -0.25) is 0 Å². The molecule has 0 bridgehead atoms. The third kappa shape index (κ3) is 7.50. The van der Waals surface area contributed by atoms with Crippen molar-refractivity contribution in [1.82, 2.24) is 4.90 Å². The molecular formula is C21H35NO. The van der Waals surface area contributed by atoms with Gasteiger partial charge in [0.15, 0.2) is 0 Å². The number of benzene rings is 1. The molecule has 0 spiro atoms. The number of piperidine rings is 1. The van der Waals surface area contributed by atoms with E-state index in [1.807, 2.05) is 0 Å². The van der Waals surface area contributed by atoms with Crippen LogP contribution in [-0.2, 0) is 17.6 Å². The van der Waals surface area contributed by atoms with Gasteiger partial charge in [0.2, 0.25) is 0 Å². The zero-order valence-electron chi connectivity index (χ0n) is 15.1. The molecule has 1 aliphatic rings. The molecule has 2 heteroatoms. The zero-order valence-corrected chi connectivity index (χ0v) is 15.1. The largest absolute Gasteiger partial charge is 0.381 e. The van der Waals surface area contributed by atoms with Crippen LogP contribution in [-0.4, -0.2) is 37.7 Å². The van der Waals surface area contributed by atoms with Gasteiger partial charge >= 0.3 is 0 Å². The minimum Gasteiger partial charge on any atom is -0.381 e. The summed E-state index contributed by atoms with van der Waals surface area (Å²) in [6.45, 7) is 8.03. The highest BCUT2D eigenvalue weighted by Crippen LogP contribution is 2.13. The highest BCUT2D eigenvalue weighted by Gasteiger charge is 2.08. The number of nitrogens with zero attached hydrogens (tertiary/aromatic N) is 1. The minimum atomic E-state index is 0.929. The average Bonchev–Trinajstić information content (AvgIpc) is 2.61. The molecule has 130 valence electrons.